The lowest BCUT2D eigenvalue weighted by atomic mass is 9.75. The second-order valence-corrected chi connectivity index (χ2v) is 10.1. The first-order chi connectivity index (χ1) is 16.0. The summed E-state index contributed by atoms with van der Waals surface area (Å²) in [5.41, 5.74) is 6.81. The second kappa shape index (κ2) is 8.66. The van der Waals surface area contributed by atoms with Crippen LogP contribution in [0.4, 0.5) is 0 Å². The van der Waals surface area contributed by atoms with Gasteiger partial charge in [-0.05, 0) is 62.8 Å². The van der Waals surface area contributed by atoms with Gasteiger partial charge in [-0.15, -0.1) is 0 Å². The monoisotopic (exact) mass is 444 g/mol. The Hall–Kier alpha value is -2.55. The Morgan fingerprint density at radius 1 is 1.00 bits per heavy atom. The van der Waals surface area contributed by atoms with Crippen LogP contribution >= 0.6 is 0 Å². The zero-order valence-corrected chi connectivity index (χ0v) is 20.9. The quantitative estimate of drug-likeness (QED) is 0.444. The first-order valence-corrected chi connectivity index (χ1v) is 13.0. The van der Waals surface area contributed by atoms with Gasteiger partial charge in [0.1, 0.15) is 17.4 Å². The summed E-state index contributed by atoms with van der Waals surface area (Å²) >= 11 is 0. The Bertz CT molecular complexity index is 1170. The molecule has 0 amide bonds. The van der Waals surface area contributed by atoms with E-state index in [0.29, 0.717) is 5.92 Å². The molecule has 0 radical (unpaired) electrons. The first kappa shape index (κ1) is 22.3. The molecule has 3 aliphatic rings. The number of pyridine rings is 1. The highest BCUT2D eigenvalue weighted by Gasteiger charge is 2.54. The normalized spacial score (nSPS) is 25.9. The third-order valence-electron chi connectivity index (χ3n) is 8.05. The van der Waals surface area contributed by atoms with Crippen molar-refractivity contribution in [2.45, 2.75) is 91.2 Å². The Morgan fingerprint density at radius 3 is 2.48 bits per heavy atom. The van der Waals surface area contributed by atoms with Gasteiger partial charge in [0.15, 0.2) is 0 Å². The smallest absolute Gasteiger partial charge is 0.295 e. The van der Waals surface area contributed by atoms with Gasteiger partial charge in [-0.3, -0.25) is 0 Å². The lowest BCUT2D eigenvalue weighted by Crippen LogP contribution is -2.61. The Labute approximate surface area is 198 Å². The molecule has 3 heteroatoms. The summed E-state index contributed by atoms with van der Waals surface area (Å²) in [5, 5.41) is 1.29. The number of para-hydroxylation sites is 1. The van der Waals surface area contributed by atoms with Crippen LogP contribution < -0.4 is 4.57 Å². The van der Waals surface area contributed by atoms with Crippen molar-refractivity contribution in [3.63, 3.8) is 0 Å². The van der Waals surface area contributed by atoms with Crippen molar-refractivity contribution < 1.29 is 14.0 Å². The van der Waals surface area contributed by atoms with Crippen molar-refractivity contribution >= 4 is 16.5 Å². The average Bonchev–Trinajstić information content (AvgIpc) is 3.24. The van der Waals surface area contributed by atoms with Gasteiger partial charge in [0.2, 0.25) is 16.7 Å². The van der Waals surface area contributed by atoms with Crippen LogP contribution in [0.1, 0.15) is 85.3 Å². The number of benzene rings is 1. The molecule has 0 saturated heterocycles. The number of allylic oxidation sites excluding steroid dienone is 4. The van der Waals surface area contributed by atoms with Crippen molar-refractivity contribution in [3.8, 4) is 0 Å². The number of hydrogen-bond acceptors (Lipinski definition) is 2. The van der Waals surface area contributed by atoms with E-state index >= 15 is 0 Å². The summed E-state index contributed by atoms with van der Waals surface area (Å²) in [6.07, 6.45) is 10.2. The van der Waals surface area contributed by atoms with Gasteiger partial charge in [0.25, 0.3) is 5.95 Å². The molecule has 174 valence electrons. The third kappa shape index (κ3) is 3.52. The molecule has 2 aliphatic heterocycles. The zero-order chi connectivity index (χ0) is 23.2. The van der Waals surface area contributed by atoms with Crippen LogP contribution in [0.15, 0.2) is 65.3 Å². The lowest BCUT2D eigenvalue weighted by Gasteiger charge is -2.37. The van der Waals surface area contributed by atoms with E-state index in [1.54, 1.807) is 0 Å². The molecule has 1 aromatic carbocycles. The maximum absolute atomic E-state index is 6.44. The molecule has 2 unspecified atom stereocenters. The van der Waals surface area contributed by atoms with Crippen molar-refractivity contribution in [2.75, 3.05) is 0 Å². The van der Waals surface area contributed by atoms with Gasteiger partial charge >= 0.3 is 0 Å². The van der Waals surface area contributed by atoms with Crippen molar-refractivity contribution in [1.82, 2.24) is 0 Å². The third-order valence-corrected chi connectivity index (χ3v) is 8.05. The fourth-order valence-corrected chi connectivity index (χ4v) is 6.48. The lowest BCUT2D eigenvalue weighted by molar-refractivity contribution is -0.736. The summed E-state index contributed by atoms with van der Waals surface area (Å²) < 4.78 is 15.5. The van der Waals surface area contributed by atoms with Crippen molar-refractivity contribution in [2.24, 2.45) is 5.92 Å². The molecule has 0 fully saturated rings. The van der Waals surface area contributed by atoms with E-state index in [2.05, 4.69) is 74.7 Å². The maximum Gasteiger partial charge on any atom is 0.295 e. The summed E-state index contributed by atoms with van der Waals surface area (Å²) in [5.74, 6) is 2.38. The molecule has 33 heavy (non-hydrogen) atoms. The highest BCUT2D eigenvalue weighted by atomic mass is 16.7. The van der Waals surface area contributed by atoms with Crippen LogP contribution in [0.3, 0.4) is 0 Å². The summed E-state index contributed by atoms with van der Waals surface area (Å²) in [4.78, 5) is 0. The van der Waals surface area contributed by atoms with Crippen LogP contribution in [0.25, 0.3) is 16.5 Å². The van der Waals surface area contributed by atoms with Gasteiger partial charge in [-0.2, -0.15) is 4.57 Å². The summed E-state index contributed by atoms with van der Waals surface area (Å²) in [6.45, 7) is 11.1. The van der Waals surface area contributed by atoms with Crippen molar-refractivity contribution in [3.05, 3.63) is 71.0 Å². The highest BCUT2D eigenvalue weighted by molar-refractivity contribution is 5.81. The van der Waals surface area contributed by atoms with Gasteiger partial charge in [-0.25, -0.2) is 0 Å². The van der Waals surface area contributed by atoms with Crippen LogP contribution in [0.5, 0.6) is 0 Å². The van der Waals surface area contributed by atoms with E-state index in [1.165, 1.54) is 52.6 Å². The molecule has 5 rings (SSSR count). The van der Waals surface area contributed by atoms with E-state index in [4.69, 9.17) is 9.47 Å². The Kier molecular flexibility index (Phi) is 5.84. The molecule has 1 aliphatic carbocycles. The predicted molar refractivity (Wildman–Crippen MR) is 134 cm³/mol. The molecular formula is C30H38NO2+. The zero-order valence-electron chi connectivity index (χ0n) is 20.9. The largest absolute Gasteiger partial charge is 0.457 e. The summed E-state index contributed by atoms with van der Waals surface area (Å²) in [7, 11) is 0. The SMILES string of the molecule is CCCCC1CC2=C(C1)c1ccc3ccccc3[n+]1C(CC)(CC)C2=C1OC(C)=CC(C)O1. The fourth-order valence-electron chi connectivity index (χ4n) is 6.48. The van der Waals surface area contributed by atoms with Gasteiger partial charge < -0.3 is 9.47 Å². The van der Waals surface area contributed by atoms with Gasteiger partial charge in [0, 0.05) is 35.9 Å². The Morgan fingerprint density at radius 2 is 1.76 bits per heavy atom. The van der Waals surface area contributed by atoms with E-state index in [-0.39, 0.29) is 11.6 Å². The molecule has 3 nitrogen and oxygen atoms in total. The standard InChI is InChI=1S/C30H38NO2/c1-6-9-12-22-18-24-25(19-22)28(29-32-20(4)17-21(5)33-29)30(7-2,8-3)31-26-14-11-10-13-23(26)15-16-27(24)31/h10-11,13-17,20,22H,6-9,12,18-19H2,1-5H3/q+1. The highest BCUT2D eigenvalue weighted by Crippen LogP contribution is 2.52. The number of unbranched alkanes of at least 4 members (excludes halogenated alkanes) is 1. The molecular weight excluding hydrogens is 406 g/mol. The molecule has 2 aromatic rings. The number of fused-ring (bicyclic) bond motifs is 4. The number of ether oxygens (including phenoxy) is 2. The molecule has 3 heterocycles. The van der Waals surface area contributed by atoms with Crippen LogP contribution in [-0.2, 0) is 15.0 Å². The van der Waals surface area contributed by atoms with Crippen molar-refractivity contribution in [1.29, 1.82) is 0 Å². The van der Waals surface area contributed by atoms with Crippen LogP contribution in [0.2, 0.25) is 0 Å². The topological polar surface area (TPSA) is 22.3 Å². The van der Waals surface area contributed by atoms with Crippen LogP contribution in [-0.4, -0.2) is 6.10 Å². The minimum Gasteiger partial charge on any atom is -0.457 e. The number of rotatable bonds is 5. The van der Waals surface area contributed by atoms with E-state index in [9.17, 15) is 0 Å². The van der Waals surface area contributed by atoms with Gasteiger partial charge in [0.05, 0.1) is 0 Å². The number of hydrogen-bond donors (Lipinski definition) is 0. The molecule has 2 atom stereocenters. The number of nitrogens with zero attached hydrogens (tertiary/aromatic N) is 1. The first-order valence-electron chi connectivity index (χ1n) is 13.0. The Balaban J connectivity index is 1.81. The average molecular weight is 445 g/mol. The molecule has 0 bridgehead atoms. The maximum atomic E-state index is 6.44. The minimum absolute atomic E-state index is 0.0212. The molecule has 1 aromatic heterocycles. The molecule has 0 N–H and O–H groups in total. The molecule has 0 saturated carbocycles. The van der Waals surface area contributed by atoms with Gasteiger partial charge in [-0.1, -0.05) is 45.7 Å². The van der Waals surface area contributed by atoms with E-state index in [0.717, 1.165) is 37.4 Å². The summed E-state index contributed by atoms with van der Waals surface area (Å²) in [6, 6.07) is 13.5. The van der Waals surface area contributed by atoms with Crippen LogP contribution in [0, 0.1) is 5.92 Å². The minimum atomic E-state index is -0.193. The fraction of sp³-hybridized carbons (Fsp3) is 0.500. The number of aromatic nitrogens is 1. The van der Waals surface area contributed by atoms with E-state index < -0.39 is 0 Å². The molecule has 0 spiro atoms. The van der Waals surface area contributed by atoms with E-state index in [1.807, 2.05) is 6.92 Å². The predicted octanol–water partition coefficient (Wildman–Crippen LogP) is 7.56. The second-order valence-electron chi connectivity index (χ2n) is 10.1.